The predicted molar refractivity (Wildman–Crippen MR) is 98.3 cm³/mol. The van der Waals surface area contributed by atoms with E-state index in [4.69, 9.17) is 13.6 Å². The van der Waals surface area contributed by atoms with Gasteiger partial charge in [0.25, 0.3) is 11.8 Å². The lowest BCUT2D eigenvalue weighted by molar-refractivity contribution is 0.102. The van der Waals surface area contributed by atoms with Crippen LogP contribution in [0.2, 0.25) is 0 Å². The highest BCUT2D eigenvalue weighted by atomic mass is 19.1. The average Bonchev–Trinajstić information content (AvgIpc) is 3.40. The van der Waals surface area contributed by atoms with Gasteiger partial charge in [0.15, 0.2) is 5.76 Å². The molecule has 1 N–H and O–H groups in total. The average molecular weight is 379 g/mol. The van der Waals surface area contributed by atoms with E-state index in [0.29, 0.717) is 22.8 Å². The maximum atomic E-state index is 14.0. The maximum Gasteiger partial charge on any atom is 0.283 e. The van der Waals surface area contributed by atoms with E-state index in [1.54, 1.807) is 36.4 Å². The molecule has 0 fully saturated rings. The summed E-state index contributed by atoms with van der Waals surface area (Å²) >= 11 is 0. The van der Waals surface area contributed by atoms with E-state index in [-0.39, 0.29) is 17.3 Å². The molecule has 0 aliphatic carbocycles. The summed E-state index contributed by atoms with van der Waals surface area (Å²) in [4.78, 5) is 12.4. The summed E-state index contributed by atoms with van der Waals surface area (Å²) in [6.07, 6.45) is 1.51. The highest BCUT2D eigenvalue weighted by Crippen LogP contribution is 2.26. The predicted octanol–water partition coefficient (Wildman–Crippen LogP) is 4.40. The number of nitrogens with one attached hydrogen (secondary N) is 1. The first-order valence-electron chi connectivity index (χ1n) is 8.27. The third kappa shape index (κ3) is 3.48. The van der Waals surface area contributed by atoms with Gasteiger partial charge in [-0.1, -0.05) is 6.07 Å². The molecule has 28 heavy (non-hydrogen) atoms. The Balaban J connectivity index is 1.57. The van der Waals surface area contributed by atoms with Gasteiger partial charge in [0, 0.05) is 11.3 Å². The molecule has 2 heterocycles. The lowest BCUT2D eigenvalue weighted by atomic mass is 10.1. The van der Waals surface area contributed by atoms with Crippen LogP contribution in [0.25, 0.3) is 23.1 Å². The van der Waals surface area contributed by atoms with Gasteiger partial charge in [0.1, 0.15) is 11.6 Å². The first-order chi connectivity index (χ1) is 13.6. The van der Waals surface area contributed by atoms with Gasteiger partial charge in [-0.3, -0.25) is 4.79 Å². The highest BCUT2D eigenvalue weighted by molar-refractivity contribution is 6.04. The van der Waals surface area contributed by atoms with Crippen molar-refractivity contribution in [1.29, 1.82) is 0 Å². The number of hydrogen-bond acceptors (Lipinski definition) is 6. The number of amides is 1. The molecular formula is C20H14FN3O4. The third-order valence-corrected chi connectivity index (χ3v) is 3.94. The maximum absolute atomic E-state index is 14.0. The van der Waals surface area contributed by atoms with Crippen molar-refractivity contribution in [2.24, 2.45) is 0 Å². The number of anilines is 1. The van der Waals surface area contributed by atoms with Crippen molar-refractivity contribution in [2.45, 2.75) is 0 Å². The number of furan rings is 1. The van der Waals surface area contributed by atoms with Crippen LogP contribution in [-0.2, 0) is 0 Å². The third-order valence-electron chi connectivity index (χ3n) is 3.94. The van der Waals surface area contributed by atoms with Gasteiger partial charge in [0.05, 0.1) is 18.9 Å². The summed E-state index contributed by atoms with van der Waals surface area (Å²) in [5.74, 6) is 0.0982. The lowest BCUT2D eigenvalue weighted by Gasteiger charge is -2.08. The molecule has 0 saturated carbocycles. The SMILES string of the molecule is COc1ccc(F)c(C(=O)Nc2cccc(-c3nnc(-c4ccco4)o3)c2)c1. The molecule has 2 aromatic carbocycles. The van der Waals surface area contributed by atoms with Crippen LogP contribution in [-0.4, -0.2) is 23.2 Å². The Morgan fingerprint density at radius 2 is 1.93 bits per heavy atom. The minimum absolute atomic E-state index is 0.123. The molecule has 0 aliphatic heterocycles. The molecule has 8 heteroatoms. The Morgan fingerprint density at radius 1 is 1.07 bits per heavy atom. The Labute approximate surface area is 158 Å². The normalized spacial score (nSPS) is 10.6. The van der Waals surface area contributed by atoms with E-state index in [1.165, 1.54) is 31.6 Å². The second-order valence-electron chi connectivity index (χ2n) is 5.77. The van der Waals surface area contributed by atoms with Gasteiger partial charge in [-0.15, -0.1) is 10.2 Å². The minimum atomic E-state index is -0.644. The number of carbonyl (C=O) groups is 1. The fourth-order valence-corrected chi connectivity index (χ4v) is 2.57. The summed E-state index contributed by atoms with van der Waals surface area (Å²) in [6, 6.07) is 14.2. The molecule has 4 rings (SSSR count). The molecule has 7 nitrogen and oxygen atoms in total. The van der Waals surface area contributed by atoms with Crippen LogP contribution in [0.3, 0.4) is 0 Å². The Kier molecular flexibility index (Phi) is 4.59. The number of benzene rings is 2. The zero-order valence-electron chi connectivity index (χ0n) is 14.7. The lowest BCUT2D eigenvalue weighted by Crippen LogP contribution is -2.14. The van der Waals surface area contributed by atoms with Gasteiger partial charge < -0.3 is 18.9 Å². The van der Waals surface area contributed by atoms with Gasteiger partial charge in [-0.05, 0) is 48.5 Å². The first kappa shape index (κ1) is 17.5. The monoisotopic (exact) mass is 379 g/mol. The molecule has 4 aromatic rings. The van der Waals surface area contributed by atoms with Crippen LogP contribution in [0.1, 0.15) is 10.4 Å². The zero-order valence-corrected chi connectivity index (χ0v) is 14.7. The summed E-state index contributed by atoms with van der Waals surface area (Å²) in [5, 5.41) is 10.6. The molecule has 2 aromatic heterocycles. The fraction of sp³-hybridized carbons (Fsp3) is 0.0500. The smallest absolute Gasteiger partial charge is 0.283 e. The van der Waals surface area contributed by atoms with Crippen molar-refractivity contribution in [3.05, 3.63) is 72.2 Å². The van der Waals surface area contributed by atoms with E-state index in [1.807, 2.05) is 0 Å². The van der Waals surface area contributed by atoms with Gasteiger partial charge >= 0.3 is 0 Å². The number of methoxy groups -OCH3 is 1. The van der Waals surface area contributed by atoms with Crippen molar-refractivity contribution < 1.29 is 22.8 Å². The van der Waals surface area contributed by atoms with Crippen LogP contribution in [0, 0.1) is 5.82 Å². The van der Waals surface area contributed by atoms with Crippen molar-refractivity contribution in [1.82, 2.24) is 10.2 Å². The van der Waals surface area contributed by atoms with E-state index in [0.717, 1.165) is 0 Å². The highest BCUT2D eigenvalue weighted by Gasteiger charge is 2.15. The zero-order chi connectivity index (χ0) is 19.5. The Bertz CT molecular complexity index is 1120. The Hall–Kier alpha value is -3.94. The molecule has 0 saturated heterocycles. The van der Waals surface area contributed by atoms with Crippen LogP contribution in [0.5, 0.6) is 5.75 Å². The van der Waals surface area contributed by atoms with E-state index >= 15 is 0 Å². The largest absolute Gasteiger partial charge is 0.497 e. The van der Waals surface area contributed by atoms with E-state index in [9.17, 15) is 9.18 Å². The molecule has 0 radical (unpaired) electrons. The van der Waals surface area contributed by atoms with Crippen molar-refractivity contribution in [3.63, 3.8) is 0 Å². The first-order valence-corrected chi connectivity index (χ1v) is 8.27. The molecule has 0 bridgehead atoms. The Morgan fingerprint density at radius 3 is 2.71 bits per heavy atom. The van der Waals surface area contributed by atoms with Gasteiger partial charge in [-0.25, -0.2) is 4.39 Å². The van der Waals surface area contributed by atoms with Crippen LogP contribution < -0.4 is 10.1 Å². The number of ether oxygens (including phenoxy) is 1. The number of carbonyl (C=O) groups excluding carboxylic acids is 1. The number of halogens is 1. The molecular weight excluding hydrogens is 365 g/mol. The second-order valence-corrected chi connectivity index (χ2v) is 5.77. The van der Waals surface area contributed by atoms with Crippen LogP contribution in [0.4, 0.5) is 10.1 Å². The summed E-state index contributed by atoms with van der Waals surface area (Å²) in [6.45, 7) is 0. The quantitative estimate of drug-likeness (QED) is 0.553. The minimum Gasteiger partial charge on any atom is -0.497 e. The van der Waals surface area contributed by atoms with Gasteiger partial charge in [-0.2, -0.15) is 0 Å². The van der Waals surface area contributed by atoms with Crippen molar-refractivity contribution >= 4 is 11.6 Å². The number of nitrogens with zero attached hydrogens (tertiary/aromatic N) is 2. The standard InChI is InChI=1S/C20H14FN3O4/c1-26-14-7-8-16(21)15(11-14)18(25)22-13-5-2-4-12(10-13)19-23-24-20(28-19)17-6-3-9-27-17/h2-11H,1H3,(H,22,25). The fourth-order valence-electron chi connectivity index (χ4n) is 2.57. The molecule has 0 unspecified atom stereocenters. The molecule has 0 spiro atoms. The van der Waals surface area contributed by atoms with Crippen molar-refractivity contribution in [2.75, 3.05) is 12.4 Å². The summed E-state index contributed by atoms with van der Waals surface area (Å²) in [7, 11) is 1.44. The number of rotatable bonds is 5. The summed E-state index contributed by atoms with van der Waals surface area (Å²) < 4.78 is 29.8. The summed E-state index contributed by atoms with van der Waals surface area (Å²) in [5.41, 5.74) is 0.916. The number of hydrogen-bond donors (Lipinski definition) is 1. The van der Waals surface area contributed by atoms with Crippen molar-refractivity contribution in [3.8, 4) is 28.9 Å². The number of aromatic nitrogens is 2. The van der Waals surface area contributed by atoms with Gasteiger partial charge in [0.2, 0.25) is 5.89 Å². The molecule has 0 aliphatic rings. The topological polar surface area (TPSA) is 90.4 Å². The second kappa shape index (κ2) is 7.36. The van der Waals surface area contributed by atoms with Crippen LogP contribution >= 0.6 is 0 Å². The van der Waals surface area contributed by atoms with E-state index < -0.39 is 11.7 Å². The molecule has 140 valence electrons. The molecule has 0 atom stereocenters. The molecule has 1 amide bonds. The van der Waals surface area contributed by atoms with Crippen LogP contribution in [0.15, 0.2) is 69.7 Å². The van der Waals surface area contributed by atoms with E-state index in [2.05, 4.69) is 15.5 Å².